The van der Waals surface area contributed by atoms with Crippen molar-refractivity contribution in [3.63, 3.8) is 0 Å². The summed E-state index contributed by atoms with van der Waals surface area (Å²) in [5.74, 6) is 0.328. The van der Waals surface area contributed by atoms with Crippen molar-refractivity contribution in [3.05, 3.63) is 47.5 Å². The molecule has 0 radical (unpaired) electrons. The molecule has 1 amide bonds. The van der Waals surface area contributed by atoms with Crippen LogP contribution < -0.4 is 0 Å². The summed E-state index contributed by atoms with van der Waals surface area (Å²) in [6.07, 6.45) is 22.4. The van der Waals surface area contributed by atoms with Crippen LogP contribution in [0.15, 0.2) is 36.4 Å². The quantitative estimate of drug-likeness (QED) is 0.226. The number of fused-ring (bicyclic) bond motifs is 1. The lowest BCUT2D eigenvalue weighted by atomic mass is 10.1. The molecule has 0 spiro atoms. The summed E-state index contributed by atoms with van der Waals surface area (Å²) in [4.78, 5) is 14.4. The monoisotopic (exact) mass is 383 g/mol. The van der Waals surface area contributed by atoms with E-state index in [-0.39, 0.29) is 0 Å². The van der Waals surface area contributed by atoms with E-state index in [9.17, 15) is 4.79 Å². The second-order valence-corrected chi connectivity index (χ2v) is 8.35. The van der Waals surface area contributed by atoms with E-state index in [1.54, 1.807) is 0 Å². The maximum Gasteiger partial charge on any atom is 0.223 e. The maximum absolute atomic E-state index is 12.4. The minimum absolute atomic E-state index is 0.328. The fourth-order valence-corrected chi connectivity index (χ4v) is 4.01. The molecule has 0 bridgehead atoms. The molecule has 1 aromatic carbocycles. The van der Waals surface area contributed by atoms with E-state index in [0.29, 0.717) is 12.3 Å². The number of allylic oxidation sites excluding steroid dienone is 2. The van der Waals surface area contributed by atoms with Crippen LogP contribution in [0.4, 0.5) is 0 Å². The second kappa shape index (κ2) is 14.4. The Bertz CT molecular complexity index is 553. The number of benzene rings is 1. The minimum Gasteiger partial charge on any atom is -0.334 e. The van der Waals surface area contributed by atoms with Gasteiger partial charge in [0.2, 0.25) is 5.91 Å². The Morgan fingerprint density at radius 3 is 1.86 bits per heavy atom. The SMILES string of the molecule is CCCCCCCC/C=C\CCCCCCCC(=O)N1Cc2ccccc2C1. The van der Waals surface area contributed by atoms with Crippen LogP contribution in [0.1, 0.15) is 108 Å². The Kier molecular flexibility index (Phi) is 11.7. The molecule has 2 rings (SSSR count). The highest BCUT2D eigenvalue weighted by atomic mass is 16.2. The number of rotatable bonds is 15. The zero-order valence-electron chi connectivity index (χ0n) is 18.1. The predicted molar refractivity (Wildman–Crippen MR) is 120 cm³/mol. The lowest BCUT2D eigenvalue weighted by Gasteiger charge is -2.15. The van der Waals surface area contributed by atoms with Crippen molar-refractivity contribution in [2.45, 2.75) is 110 Å². The van der Waals surface area contributed by atoms with Crippen LogP contribution >= 0.6 is 0 Å². The Hall–Kier alpha value is -1.57. The smallest absolute Gasteiger partial charge is 0.223 e. The van der Waals surface area contributed by atoms with Crippen molar-refractivity contribution < 1.29 is 4.79 Å². The zero-order chi connectivity index (χ0) is 19.9. The van der Waals surface area contributed by atoms with Crippen LogP contribution in [0, 0.1) is 0 Å². The third-order valence-electron chi connectivity index (χ3n) is 5.85. The number of unbranched alkanes of at least 4 members (excludes halogenated alkanes) is 11. The van der Waals surface area contributed by atoms with Crippen LogP contribution in [-0.4, -0.2) is 10.8 Å². The van der Waals surface area contributed by atoms with Crippen molar-refractivity contribution in [1.29, 1.82) is 0 Å². The largest absolute Gasteiger partial charge is 0.334 e. The number of nitrogens with zero attached hydrogens (tertiary/aromatic N) is 1. The third-order valence-corrected chi connectivity index (χ3v) is 5.85. The van der Waals surface area contributed by atoms with Gasteiger partial charge in [-0.1, -0.05) is 94.7 Å². The van der Waals surface area contributed by atoms with Crippen LogP contribution in [0.3, 0.4) is 0 Å². The molecule has 1 heterocycles. The maximum atomic E-state index is 12.4. The van der Waals surface area contributed by atoms with Gasteiger partial charge in [0.25, 0.3) is 0 Å². The normalized spacial score (nSPS) is 13.4. The van der Waals surface area contributed by atoms with Gasteiger partial charge < -0.3 is 4.90 Å². The average molecular weight is 384 g/mol. The summed E-state index contributed by atoms with van der Waals surface area (Å²) >= 11 is 0. The van der Waals surface area contributed by atoms with Gasteiger partial charge >= 0.3 is 0 Å². The number of carbonyl (C=O) groups is 1. The van der Waals surface area contributed by atoms with Gasteiger partial charge in [-0.25, -0.2) is 0 Å². The van der Waals surface area contributed by atoms with Gasteiger partial charge in [0.15, 0.2) is 0 Å². The number of carbonyl (C=O) groups excluding carboxylic acids is 1. The van der Waals surface area contributed by atoms with Crippen molar-refractivity contribution in [1.82, 2.24) is 4.90 Å². The van der Waals surface area contributed by atoms with Gasteiger partial charge in [0.05, 0.1) is 0 Å². The summed E-state index contributed by atoms with van der Waals surface area (Å²) in [5.41, 5.74) is 2.64. The zero-order valence-corrected chi connectivity index (χ0v) is 18.1. The highest BCUT2D eigenvalue weighted by molar-refractivity contribution is 5.76. The molecule has 0 N–H and O–H groups in total. The lowest BCUT2D eigenvalue weighted by molar-refractivity contribution is -0.131. The van der Waals surface area contributed by atoms with E-state index in [4.69, 9.17) is 0 Å². The standard InChI is InChI=1S/C26H41NO/c1-2-3-4-5-6-7-8-9-10-11-12-13-14-15-16-21-26(28)27-22-24-19-17-18-20-25(24)23-27/h9-10,17-20H,2-8,11-16,21-23H2,1H3/b10-9-. The summed E-state index contributed by atoms with van der Waals surface area (Å²) in [7, 11) is 0. The fourth-order valence-electron chi connectivity index (χ4n) is 4.01. The molecule has 1 aromatic rings. The van der Waals surface area contributed by atoms with Gasteiger partial charge in [0, 0.05) is 19.5 Å². The topological polar surface area (TPSA) is 20.3 Å². The van der Waals surface area contributed by atoms with Crippen LogP contribution in [0.25, 0.3) is 0 Å². The Morgan fingerprint density at radius 2 is 1.29 bits per heavy atom. The molecule has 156 valence electrons. The van der Waals surface area contributed by atoms with Gasteiger partial charge in [-0.2, -0.15) is 0 Å². The Labute approximate surface area is 173 Å². The highest BCUT2D eigenvalue weighted by Gasteiger charge is 2.21. The molecule has 0 aromatic heterocycles. The van der Waals surface area contributed by atoms with Crippen LogP contribution in [-0.2, 0) is 17.9 Å². The minimum atomic E-state index is 0.328. The van der Waals surface area contributed by atoms with E-state index in [0.717, 1.165) is 19.5 Å². The van der Waals surface area contributed by atoms with Gasteiger partial charge in [-0.15, -0.1) is 0 Å². The molecule has 0 atom stereocenters. The molecule has 0 saturated carbocycles. The Morgan fingerprint density at radius 1 is 0.786 bits per heavy atom. The molecule has 1 aliphatic heterocycles. The number of hydrogen-bond acceptors (Lipinski definition) is 1. The number of amides is 1. The van der Waals surface area contributed by atoms with Crippen LogP contribution in [0.2, 0.25) is 0 Å². The van der Waals surface area contributed by atoms with E-state index in [2.05, 4.69) is 43.3 Å². The highest BCUT2D eigenvalue weighted by Crippen LogP contribution is 2.23. The molecule has 2 heteroatoms. The van der Waals surface area contributed by atoms with Crippen LogP contribution in [0.5, 0.6) is 0 Å². The van der Waals surface area contributed by atoms with Crippen molar-refractivity contribution >= 4 is 5.91 Å². The molecule has 28 heavy (non-hydrogen) atoms. The molecule has 0 fully saturated rings. The fraction of sp³-hybridized carbons (Fsp3) is 0.654. The van der Waals surface area contributed by atoms with Gasteiger partial charge in [0.1, 0.15) is 0 Å². The van der Waals surface area contributed by atoms with Crippen molar-refractivity contribution in [3.8, 4) is 0 Å². The summed E-state index contributed by atoms with van der Waals surface area (Å²) < 4.78 is 0. The molecule has 0 saturated heterocycles. The van der Waals surface area contributed by atoms with Crippen molar-refractivity contribution in [2.75, 3.05) is 0 Å². The van der Waals surface area contributed by atoms with E-state index in [1.807, 2.05) is 4.90 Å². The first-order valence-electron chi connectivity index (χ1n) is 11.8. The molecular weight excluding hydrogens is 342 g/mol. The van der Waals surface area contributed by atoms with E-state index < -0.39 is 0 Å². The number of hydrogen-bond donors (Lipinski definition) is 0. The van der Waals surface area contributed by atoms with Crippen molar-refractivity contribution in [2.24, 2.45) is 0 Å². The molecule has 1 aliphatic rings. The summed E-state index contributed by atoms with van der Waals surface area (Å²) in [6, 6.07) is 8.42. The molecule has 2 nitrogen and oxygen atoms in total. The van der Waals surface area contributed by atoms with Gasteiger partial charge in [-0.05, 0) is 43.2 Å². The summed E-state index contributed by atoms with van der Waals surface area (Å²) in [6.45, 7) is 3.89. The molecular formula is C26H41NO. The molecule has 0 aliphatic carbocycles. The van der Waals surface area contributed by atoms with E-state index in [1.165, 1.54) is 88.2 Å². The van der Waals surface area contributed by atoms with E-state index >= 15 is 0 Å². The lowest BCUT2D eigenvalue weighted by Crippen LogP contribution is -2.24. The average Bonchev–Trinajstić information content (AvgIpc) is 3.15. The van der Waals surface area contributed by atoms with Gasteiger partial charge in [-0.3, -0.25) is 4.79 Å². The first-order chi connectivity index (χ1) is 13.8. The second-order valence-electron chi connectivity index (χ2n) is 8.35. The third kappa shape index (κ3) is 9.08. The Balaban J connectivity index is 1.37. The first kappa shape index (κ1) is 22.7. The first-order valence-corrected chi connectivity index (χ1v) is 11.8. The summed E-state index contributed by atoms with van der Waals surface area (Å²) in [5, 5.41) is 0. The predicted octanol–water partition coefficient (Wildman–Crippen LogP) is 7.57. The molecule has 0 unspecified atom stereocenters.